The van der Waals surface area contributed by atoms with Gasteiger partial charge in [-0.2, -0.15) is 5.10 Å². The number of aryl methyl sites for hydroxylation is 1. The number of aromatic nitrogens is 2. The molecular formula is C24H27N3O3S. The maximum absolute atomic E-state index is 12.6. The van der Waals surface area contributed by atoms with Crippen molar-refractivity contribution in [3.8, 4) is 11.1 Å². The number of rotatable bonds is 7. The first-order chi connectivity index (χ1) is 14.7. The van der Waals surface area contributed by atoms with Gasteiger partial charge >= 0.3 is 0 Å². The molecule has 0 aliphatic heterocycles. The van der Waals surface area contributed by atoms with E-state index < -0.39 is 9.84 Å². The molecule has 1 heterocycles. The van der Waals surface area contributed by atoms with E-state index in [-0.39, 0.29) is 23.0 Å². The second-order valence-corrected chi connectivity index (χ2v) is 9.98. The standard InChI is InChI=1S/C24H27N3O3S/c1-5-31(29,30)22-10-6-18(7-11-22)13-24(28)26-21-9-8-19(12-17(2)3)23(14-21)20-15-25-27(4)16-20/h6-12,14-16H,5,13H2,1-4H3,(H,26,28). The molecule has 0 fully saturated rings. The zero-order valence-electron chi connectivity index (χ0n) is 18.2. The van der Waals surface area contributed by atoms with E-state index in [2.05, 4.69) is 16.5 Å². The van der Waals surface area contributed by atoms with Crippen molar-refractivity contribution >= 4 is 27.5 Å². The quantitative estimate of drug-likeness (QED) is 0.591. The van der Waals surface area contributed by atoms with Gasteiger partial charge in [0.25, 0.3) is 0 Å². The molecule has 3 aromatic rings. The summed E-state index contributed by atoms with van der Waals surface area (Å²) in [5.74, 6) is -0.118. The van der Waals surface area contributed by atoms with Crippen molar-refractivity contribution in [2.24, 2.45) is 7.05 Å². The number of carbonyl (C=O) groups is 1. The lowest BCUT2D eigenvalue weighted by molar-refractivity contribution is -0.115. The fraction of sp³-hybridized carbons (Fsp3) is 0.250. The maximum Gasteiger partial charge on any atom is 0.228 e. The van der Waals surface area contributed by atoms with E-state index in [9.17, 15) is 13.2 Å². The topological polar surface area (TPSA) is 81.1 Å². The molecule has 31 heavy (non-hydrogen) atoms. The Kier molecular flexibility index (Phi) is 6.75. The Hall–Kier alpha value is -3.19. The molecule has 162 valence electrons. The Labute approximate surface area is 183 Å². The van der Waals surface area contributed by atoms with E-state index in [1.807, 2.05) is 45.3 Å². The molecule has 0 unspecified atom stereocenters. The molecule has 1 aromatic heterocycles. The smallest absolute Gasteiger partial charge is 0.228 e. The molecule has 2 aromatic carbocycles. The fourth-order valence-electron chi connectivity index (χ4n) is 3.25. The van der Waals surface area contributed by atoms with E-state index >= 15 is 0 Å². The molecular weight excluding hydrogens is 410 g/mol. The lowest BCUT2D eigenvalue weighted by atomic mass is 10.00. The van der Waals surface area contributed by atoms with Gasteiger partial charge in [0.15, 0.2) is 9.84 Å². The molecule has 1 N–H and O–H groups in total. The molecule has 7 heteroatoms. The summed E-state index contributed by atoms with van der Waals surface area (Å²) in [4.78, 5) is 12.9. The summed E-state index contributed by atoms with van der Waals surface area (Å²) in [6, 6.07) is 12.3. The van der Waals surface area contributed by atoms with Crippen LogP contribution in [0.15, 0.2) is 65.3 Å². The fourth-order valence-corrected chi connectivity index (χ4v) is 4.14. The van der Waals surface area contributed by atoms with Crippen LogP contribution in [0.1, 0.15) is 31.9 Å². The van der Waals surface area contributed by atoms with Crippen molar-refractivity contribution in [1.29, 1.82) is 0 Å². The van der Waals surface area contributed by atoms with Crippen molar-refractivity contribution in [3.63, 3.8) is 0 Å². The van der Waals surface area contributed by atoms with Crippen LogP contribution in [0, 0.1) is 0 Å². The summed E-state index contributed by atoms with van der Waals surface area (Å²) in [5, 5.41) is 7.19. The number of amides is 1. The highest BCUT2D eigenvalue weighted by Crippen LogP contribution is 2.28. The molecule has 3 rings (SSSR count). The minimum atomic E-state index is -3.25. The number of sulfone groups is 1. The predicted octanol–water partition coefficient (Wildman–Crippen LogP) is 4.49. The third kappa shape index (κ3) is 5.70. The Morgan fingerprint density at radius 1 is 1.13 bits per heavy atom. The highest BCUT2D eigenvalue weighted by Gasteiger charge is 2.13. The SMILES string of the molecule is CCS(=O)(=O)c1ccc(CC(=O)Nc2ccc(C=C(C)C)c(-c3cnn(C)c3)c2)cc1. The van der Waals surface area contributed by atoms with E-state index in [0.717, 1.165) is 22.3 Å². The van der Waals surface area contributed by atoms with Gasteiger partial charge in [-0.05, 0) is 54.8 Å². The first kappa shape index (κ1) is 22.5. The van der Waals surface area contributed by atoms with Gasteiger partial charge in [-0.1, -0.05) is 36.8 Å². The first-order valence-corrected chi connectivity index (χ1v) is 11.7. The van der Waals surface area contributed by atoms with Crippen molar-refractivity contribution in [3.05, 3.63) is 71.6 Å². The van der Waals surface area contributed by atoms with Gasteiger partial charge in [0, 0.05) is 24.5 Å². The summed E-state index contributed by atoms with van der Waals surface area (Å²) in [6.07, 6.45) is 5.99. The summed E-state index contributed by atoms with van der Waals surface area (Å²) in [7, 11) is -1.38. The minimum absolute atomic E-state index is 0.0504. The summed E-state index contributed by atoms with van der Waals surface area (Å²) >= 11 is 0. The molecule has 0 atom stereocenters. The van der Waals surface area contributed by atoms with Crippen LogP contribution in [0.4, 0.5) is 5.69 Å². The van der Waals surface area contributed by atoms with Gasteiger partial charge in [0.05, 0.1) is 23.3 Å². The summed E-state index contributed by atoms with van der Waals surface area (Å²) < 4.78 is 25.6. The van der Waals surface area contributed by atoms with Gasteiger partial charge in [0.1, 0.15) is 0 Å². The van der Waals surface area contributed by atoms with Gasteiger partial charge in [-0.3, -0.25) is 9.48 Å². The average Bonchev–Trinajstić information content (AvgIpc) is 3.15. The van der Waals surface area contributed by atoms with Crippen LogP contribution < -0.4 is 5.32 Å². The van der Waals surface area contributed by atoms with Crippen LogP contribution in [-0.2, 0) is 28.1 Å². The summed E-state index contributed by atoms with van der Waals surface area (Å²) in [6.45, 7) is 5.69. The Morgan fingerprint density at radius 3 is 2.42 bits per heavy atom. The summed E-state index contributed by atoms with van der Waals surface area (Å²) in [5.41, 5.74) is 5.63. The predicted molar refractivity (Wildman–Crippen MR) is 124 cm³/mol. The van der Waals surface area contributed by atoms with Crippen molar-refractivity contribution < 1.29 is 13.2 Å². The van der Waals surface area contributed by atoms with Crippen LogP contribution in [-0.4, -0.2) is 29.9 Å². The molecule has 1 amide bonds. The molecule has 0 aliphatic carbocycles. The molecule has 0 aliphatic rings. The molecule has 0 saturated carbocycles. The van der Waals surface area contributed by atoms with Crippen LogP contribution in [0.3, 0.4) is 0 Å². The average molecular weight is 438 g/mol. The van der Waals surface area contributed by atoms with Gasteiger partial charge < -0.3 is 5.32 Å². The largest absolute Gasteiger partial charge is 0.326 e. The Bertz CT molecular complexity index is 1220. The third-order valence-electron chi connectivity index (χ3n) is 4.82. The van der Waals surface area contributed by atoms with Crippen LogP contribution in [0.2, 0.25) is 0 Å². The molecule has 0 bridgehead atoms. The first-order valence-electron chi connectivity index (χ1n) is 10.1. The van der Waals surface area contributed by atoms with Gasteiger partial charge in [-0.25, -0.2) is 8.42 Å². The number of nitrogens with one attached hydrogen (secondary N) is 1. The zero-order valence-corrected chi connectivity index (χ0v) is 19.0. The normalized spacial score (nSPS) is 11.2. The van der Waals surface area contributed by atoms with Crippen molar-refractivity contribution in [2.75, 3.05) is 11.1 Å². The van der Waals surface area contributed by atoms with Crippen molar-refractivity contribution in [1.82, 2.24) is 9.78 Å². The number of hydrogen-bond donors (Lipinski definition) is 1. The number of benzene rings is 2. The highest BCUT2D eigenvalue weighted by atomic mass is 32.2. The van der Waals surface area contributed by atoms with Crippen LogP contribution in [0.5, 0.6) is 0 Å². The van der Waals surface area contributed by atoms with Gasteiger partial charge in [0.2, 0.25) is 5.91 Å². The maximum atomic E-state index is 12.6. The van der Waals surface area contributed by atoms with E-state index in [1.54, 1.807) is 42.1 Å². The lowest BCUT2D eigenvalue weighted by Crippen LogP contribution is -2.14. The molecule has 0 radical (unpaired) electrons. The molecule has 6 nitrogen and oxygen atoms in total. The van der Waals surface area contributed by atoms with Gasteiger partial charge in [-0.15, -0.1) is 0 Å². The third-order valence-corrected chi connectivity index (χ3v) is 6.57. The second kappa shape index (κ2) is 9.31. The number of anilines is 1. The van der Waals surface area contributed by atoms with E-state index in [0.29, 0.717) is 5.69 Å². The number of nitrogens with zero attached hydrogens (tertiary/aromatic N) is 2. The molecule has 0 spiro atoms. The van der Waals surface area contributed by atoms with Crippen LogP contribution in [0.25, 0.3) is 17.2 Å². The second-order valence-electron chi connectivity index (χ2n) is 7.70. The highest BCUT2D eigenvalue weighted by molar-refractivity contribution is 7.91. The van der Waals surface area contributed by atoms with E-state index in [4.69, 9.17) is 0 Å². The van der Waals surface area contributed by atoms with E-state index in [1.165, 1.54) is 5.57 Å². The number of hydrogen-bond acceptors (Lipinski definition) is 4. The Morgan fingerprint density at radius 2 is 1.84 bits per heavy atom. The Balaban J connectivity index is 1.79. The minimum Gasteiger partial charge on any atom is -0.326 e. The number of carbonyl (C=O) groups excluding carboxylic acids is 1. The number of allylic oxidation sites excluding steroid dienone is 1. The molecule has 0 saturated heterocycles. The zero-order chi connectivity index (χ0) is 22.6. The van der Waals surface area contributed by atoms with Crippen LogP contribution >= 0.6 is 0 Å². The van der Waals surface area contributed by atoms with Crippen molar-refractivity contribution in [2.45, 2.75) is 32.1 Å². The lowest BCUT2D eigenvalue weighted by Gasteiger charge is -2.11. The monoisotopic (exact) mass is 437 g/mol.